The van der Waals surface area contributed by atoms with Crippen LogP contribution in [0.2, 0.25) is 0 Å². The normalized spacial score (nSPS) is 11.0. The molecule has 0 N–H and O–H groups in total. The smallest absolute Gasteiger partial charge is 0.203 e. The molecule has 0 radical (unpaired) electrons. The molecule has 1 heterocycles. The van der Waals surface area contributed by atoms with Gasteiger partial charge in [-0.2, -0.15) is 8.78 Å². The Hall–Kier alpha value is -3.75. The summed E-state index contributed by atoms with van der Waals surface area (Å²) >= 11 is 0. The van der Waals surface area contributed by atoms with Gasteiger partial charge in [-0.05, 0) is 42.5 Å². The van der Waals surface area contributed by atoms with Crippen molar-refractivity contribution in [2.45, 2.75) is 6.61 Å². The molecule has 0 unspecified atom stereocenters. The number of carbonyl (C=O) groups is 1. The summed E-state index contributed by atoms with van der Waals surface area (Å²) in [7, 11) is 2.93. The SMILES string of the molecule is COc1ccc(C(=O)/C=C/c2ccc(COc3c(F)c(F)cc(F)c3F)o2)cc1OC. The van der Waals surface area contributed by atoms with Crippen molar-refractivity contribution in [1.82, 2.24) is 0 Å². The van der Waals surface area contributed by atoms with Crippen LogP contribution in [0.4, 0.5) is 17.6 Å². The van der Waals surface area contributed by atoms with Gasteiger partial charge in [0.2, 0.25) is 11.6 Å². The first-order chi connectivity index (χ1) is 14.8. The van der Waals surface area contributed by atoms with Gasteiger partial charge in [-0.3, -0.25) is 4.79 Å². The molecule has 31 heavy (non-hydrogen) atoms. The van der Waals surface area contributed by atoms with Crippen LogP contribution in [0.1, 0.15) is 21.9 Å². The van der Waals surface area contributed by atoms with E-state index in [9.17, 15) is 22.4 Å². The molecule has 0 atom stereocenters. The molecule has 0 fully saturated rings. The first kappa shape index (κ1) is 21.9. The Morgan fingerprint density at radius 1 is 0.935 bits per heavy atom. The lowest BCUT2D eigenvalue weighted by Crippen LogP contribution is -2.03. The van der Waals surface area contributed by atoms with Crippen molar-refractivity contribution in [3.05, 3.63) is 82.8 Å². The van der Waals surface area contributed by atoms with Crippen LogP contribution in [-0.2, 0) is 6.61 Å². The molecular formula is C22H16F4O5. The summed E-state index contributed by atoms with van der Waals surface area (Å²) < 4.78 is 74.1. The van der Waals surface area contributed by atoms with Gasteiger partial charge in [0, 0.05) is 11.6 Å². The summed E-state index contributed by atoms with van der Waals surface area (Å²) in [4.78, 5) is 12.3. The largest absolute Gasteiger partial charge is 0.493 e. The van der Waals surface area contributed by atoms with Crippen LogP contribution in [0, 0.1) is 23.3 Å². The Bertz CT molecular complexity index is 1110. The maximum Gasteiger partial charge on any atom is 0.203 e. The van der Waals surface area contributed by atoms with Crippen molar-refractivity contribution < 1.29 is 41.0 Å². The molecule has 0 saturated heterocycles. The standard InChI is InChI=1S/C22H16F4O5/c1-28-18-8-3-12(9-19(18)29-2)17(27)7-6-13-4-5-14(31-13)11-30-22-20(25)15(23)10-16(24)21(22)26/h3-10H,11H2,1-2H3/b7-6+. The maximum atomic E-state index is 13.6. The van der Waals surface area contributed by atoms with Gasteiger partial charge in [-0.1, -0.05) is 0 Å². The number of halogens is 4. The van der Waals surface area contributed by atoms with E-state index >= 15 is 0 Å². The number of rotatable bonds is 8. The maximum absolute atomic E-state index is 13.6. The molecule has 5 nitrogen and oxygen atoms in total. The molecule has 0 bridgehead atoms. The summed E-state index contributed by atoms with van der Waals surface area (Å²) in [5.41, 5.74) is 0.350. The first-order valence-corrected chi connectivity index (χ1v) is 8.83. The number of allylic oxidation sites excluding steroid dienone is 1. The molecule has 2 aromatic carbocycles. The number of ketones is 1. The number of carbonyl (C=O) groups excluding carboxylic acids is 1. The van der Waals surface area contributed by atoms with Crippen molar-refractivity contribution in [2.75, 3.05) is 14.2 Å². The van der Waals surface area contributed by atoms with Crippen molar-refractivity contribution in [1.29, 1.82) is 0 Å². The summed E-state index contributed by atoms with van der Waals surface area (Å²) in [6, 6.07) is 7.67. The fourth-order valence-corrected chi connectivity index (χ4v) is 2.63. The number of methoxy groups -OCH3 is 2. The molecule has 1 aromatic heterocycles. The molecule has 3 rings (SSSR count). The molecule has 0 saturated carbocycles. The van der Waals surface area contributed by atoms with Gasteiger partial charge in [-0.15, -0.1) is 0 Å². The first-order valence-electron chi connectivity index (χ1n) is 8.83. The Labute approximate surface area is 174 Å². The lowest BCUT2D eigenvalue weighted by Gasteiger charge is -2.08. The third-order valence-corrected chi connectivity index (χ3v) is 4.18. The molecule has 0 amide bonds. The average Bonchev–Trinajstić information content (AvgIpc) is 3.23. The van der Waals surface area contributed by atoms with Crippen molar-refractivity contribution in [2.24, 2.45) is 0 Å². The predicted octanol–water partition coefficient (Wildman–Crippen LogP) is 5.33. The summed E-state index contributed by atoms with van der Waals surface area (Å²) in [6.45, 7) is -0.492. The van der Waals surface area contributed by atoms with E-state index in [1.807, 2.05) is 0 Å². The van der Waals surface area contributed by atoms with Crippen LogP contribution >= 0.6 is 0 Å². The summed E-state index contributed by atoms with van der Waals surface area (Å²) in [6.07, 6.45) is 2.64. The minimum Gasteiger partial charge on any atom is -0.493 e. The minimum atomic E-state index is -1.65. The summed E-state index contributed by atoms with van der Waals surface area (Å²) in [5.74, 6) is -6.74. The molecule has 0 aliphatic rings. The van der Waals surface area contributed by atoms with E-state index in [2.05, 4.69) is 0 Å². The highest BCUT2D eigenvalue weighted by atomic mass is 19.2. The molecule has 162 valence electrons. The van der Waals surface area contributed by atoms with Crippen molar-refractivity contribution in [3.63, 3.8) is 0 Å². The van der Waals surface area contributed by atoms with Crippen LogP contribution in [0.25, 0.3) is 6.08 Å². The summed E-state index contributed by atoms with van der Waals surface area (Å²) in [5, 5.41) is 0. The zero-order valence-corrected chi connectivity index (χ0v) is 16.4. The van der Waals surface area contributed by atoms with E-state index in [1.54, 1.807) is 12.1 Å². The van der Waals surface area contributed by atoms with Gasteiger partial charge in [0.05, 0.1) is 14.2 Å². The van der Waals surface area contributed by atoms with Gasteiger partial charge in [0.15, 0.2) is 34.7 Å². The predicted molar refractivity (Wildman–Crippen MR) is 102 cm³/mol. The Kier molecular flexibility index (Phi) is 6.64. The quantitative estimate of drug-likeness (QED) is 0.207. The zero-order chi connectivity index (χ0) is 22.5. The van der Waals surface area contributed by atoms with Crippen molar-refractivity contribution >= 4 is 11.9 Å². The second kappa shape index (κ2) is 9.38. The third-order valence-electron chi connectivity index (χ3n) is 4.18. The van der Waals surface area contributed by atoms with Gasteiger partial charge in [-0.25, -0.2) is 8.78 Å². The van der Waals surface area contributed by atoms with E-state index in [0.29, 0.717) is 17.1 Å². The van der Waals surface area contributed by atoms with Crippen LogP contribution in [0.3, 0.4) is 0 Å². The lowest BCUT2D eigenvalue weighted by atomic mass is 10.1. The molecule has 9 heteroatoms. The Morgan fingerprint density at radius 3 is 2.26 bits per heavy atom. The molecular weight excluding hydrogens is 420 g/mol. The zero-order valence-electron chi connectivity index (χ0n) is 16.4. The molecule has 0 aliphatic heterocycles. The highest BCUT2D eigenvalue weighted by molar-refractivity contribution is 6.07. The fourth-order valence-electron chi connectivity index (χ4n) is 2.63. The second-order valence-electron chi connectivity index (χ2n) is 6.16. The van der Waals surface area contributed by atoms with Crippen LogP contribution < -0.4 is 14.2 Å². The fraction of sp³-hybridized carbons (Fsp3) is 0.136. The monoisotopic (exact) mass is 436 g/mol. The van der Waals surface area contributed by atoms with Crippen LogP contribution in [0.5, 0.6) is 17.2 Å². The lowest BCUT2D eigenvalue weighted by molar-refractivity contribution is 0.104. The van der Waals surface area contributed by atoms with E-state index in [4.69, 9.17) is 18.6 Å². The number of hydrogen-bond donors (Lipinski definition) is 0. The van der Waals surface area contributed by atoms with E-state index in [-0.39, 0.29) is 23.4 Å². The van der Waals surface area contributed by atoms with E-state index < -0.39 is 35.6 Å². The van der Waals surface area contributed by atoms with Gasteiger partial charge in [0.25, 0.3) is 0 Å². The Balaban J connectivity index is 1.68. The third kappa shape index (κ3) is 4.88. The molecule has 0 aliphatic carbocycles. The second-order valence-corrected chi connectivity index (χ2v) is 6.16. The highest BCUT2D eigenvalue weighted by Crippen LogP contribution is 2.29. The Morgan fingerprint density at radius 2 is 1.61 bits per heavy atom. The average molecular weight is 436 g/mol. The minimum absolute atomic E-state index is 0.0860. The van der Waals surface area contributed by atoms with E-state index in [0.717, 1.165) is 0 Å². The molecule has 0 spiro atoms. The number of hydrogen-bond acceptors (Lipinski definition) is 5. The van der Waals surface area contributed by atoms with Crippen LogP contribution in [-0.4, -0.2) is 20.0 Å². The van der Waals surface area contributed by atoms with Crippen LogP contribution in [0.15, 0.2) is 46.9 Å². The number of furan rings is 1. The van der Waals surface area contributed by atoms with E-state index in [1.165, 1.54) is 44.6 Å². The highest BCUT2D eigenvalue weighted by Gasteiger charge is 2.21. The topological polar surface area (TPSA) is 57.9 Å². The van der Waals surface area contributed by atoms with Crippen molar-refractivity contribution in [3.8, 4) is 17.2 Å². The number of ether oxygens (including phenoxy) is 3. The number of benzene rings is 2. The molecule has 3 aromatic rings. The van der Waals surface area contributed by atoms with Gasteiger partial charge >= 0.3 is 0 Å². The van der Waals surface area contributed by atoms with Gasteiger partial charge in [0.1, 0.15) is 18.1 Å². The van der Waals surface area contributed by atoms with Gasteiger partial charge < -0.3 is 18.6 Å².